The summed E-state index contributed by atoms with van der Waals surface area (Å²) < 4.78 is 23.3. The number of esters is 1. The lowest BCUT2D eigenvalue weighted by atomic mass is 10.2. The quantitative estimate of drug-likeness (QED) is 0.742. The van der Waals surface area contributed by atoms with Crippen LogP contribution in [0, 0.1) is 12.7 Å². The van der Waals surface area contributed by atoms with Crippen LogP contribution < -0.4 is 4.74 Å². The molecule has 1 aromatic rings. The first-order valence-corrected chi connectivity index (χ1v) is 5.67. The second-order valence-electron chi connectivity index (χ2n) is 3.68. The summed E-state index contributed by atoms with van der Waals surface area (Å²) in [5, 5.41) is 0. The molecule has 94 valence electrons. The predicted octanol–water partition coefficient (Wildman–Crippen LogP) is 2.85. The molecule has 0 saturated carbocycles. The molecule has 0 radical (unpaired) electrons. The average Bonchev–Trinajstić information content (AvgIpc) is 2.28. The number of carbonyl (C=O) groups is 1. The molecule has 0 saturated heterocycles. The Hall–Kier alpha value is -1.58. The molecule has 0 aliphatic rings. The lowest BCUT2D eigenvalue weighted by Gasteiger charge is -2.17. The van der Waals surface area contributed by atoms with Gasteiger partial charge in [-0.1, -0.05) is 6.92 Å². The SMILES string of the molecule is CCOC(=O)C(CC)Oc1ccc(F)cc1C. The van der Waals surface area contributed by atoms with Gasteiger partial charge in [0.1, 0.15) is 11.6 Å². The predicted molar refractivity (Wildman–Crippen MR) is 62.5 cm³/mol. The molecule has 0 fully saturated rings. The molecular weight excluding hydrogens is 223 g/mol. The Bertz CT molecular complexity index is 390. The van der Waals surface area contributed by atoms with Crippen molar-refractivity contribution < 1.29 is 18.7 Å². The minimum atomic E-state index is -0.640. The van der Waals surface area contributed by atoms with Gasteiger partial charge in [-0.25, -0.2) is 9.18 Å². The molecule has 1 aromatic carbocycles. The Morgan fingerprint density at radius 1 is 1.41 bits per heavy atom. The van der Waals surface area contributed by atoms with E-state index in [2.05, 4.69) is 0 Å². The minimum Gasteiger partial charge on any atom is -0.478 e. The van der Waals surface area contributed by atoms with E-state index in [9.17, 15) is 9.18 Å². The van der Waals surface area contributed by atoms with Crippen molar-refractivity contribution in [3.8, 4) is 5.75 Å². The first kappa shape index (κ1) is 13.5. The van der Waals surface area contributed by atoms with Gasteiger partial charge in [0.05, 0.1) is 6.61 Å². The van der Waals surface area contributed by atoms with Gasteiger partial charge in [0, 0.05) is 0 Å². The van der Waals surface area contributed by atoms with E-state index >= 15 is 0 Å². The van der Waals surface area contributed by atoms with Crippen molar-refractivity contribution in [2.24, 2.45) is 0 Å². The van der Waals surface area contributed by atoms with Crippen LogP contribution in [0.15, 0.2) is 18.2 Å². The molecule has 0 aromatic heterocycles. The van der Waals surface area contributed by atoms with Gasteiger partial charge in [-0.05, 0) is 44.0 Å². The van der Waals surface area contributed by atoms with Crippen molar-refractivity contribution in [2.75, 3.05) is 6.61 Å². The zero-order valence-corrected chi connectivity index (χ0v) is 10.3. The molecule has 0 aliphatic heterocycles. The normalized spacial score (nSPS) is 12.0. The number of hydrogen-bond donors (Lipinski definition) is 0. The second-order valence-corrected chi connectivity index (χ2v) is 3.68. The fourth-order valence-electron chi connectivity index (χ4n) is 1.43. The zero-order valence-electron chi connectivity index (χ0n) is 10.3. The van der Waals surface area contributed by atoms with Crippen molar-refractivity contribution in [2.45, 2.75) is 33.3 Å². The largest absolute Gasteiger partial charge is 0.478 e. The van der Waals surface area contributed by atoms with Gasteiger partial charge < -0.3 is 9.47 Å². The van der Waals surface area contributed by atoms with E-state index in [0.29, 0.717) is 24.3 Å². The maximum atomic E-state index is 12.9. The molecule has 1 unspecified atom stereocenters. The highest BCUT2D eigenvalue weighted by Gasteiger charge is 2.20. The minimum absolute atomic E-state index is 0.320. The third-order valence-corrected chi connectivity index (χ3v) is 2.33. The van der Waals surface area contributed by atoms with E-state index in [1.807, 2.05) is 6.92 Å². The number of rotatable bonds is 5. The molecule has 0 heterocycles. The lowest BCUT2D eigenvalue weighted by molar-refractivity contribution is -0.151. The third kappa shape index (κ3) is 3.73. The van der Waals surface area contributed by atoms with Crippen LogP contribution in [0.1, 0.15) is 25.8 Å². The fourth-order valence-corrected chi connectivity index (χ4v) is 1.43. The second kappa shape index (κ2) is 6.23. The highest BCUT2D eigenvalue weighted by molar-refractivity contribution is 5.75. The zero-order chi connectivity index (χ0) is 12.8. The Balaban J connectivity index is 2.77. The molecule has 1 rings (SSSR count). The highest BCUT2D eigenvalue weighted by atomic mass is 19.1. The van der Waals surface area contributed by atoms with Gasteiger partial charge in [0.25, 0.3) is 0 Å². The van der Waals surface area contributed by atoms with Crippen LogP contribution >= 0.6 is 0 Å². The van der Waals surface area contributed by atoms with Crippen LogP contribution in [0.5, 0.6) is 5.75 Å². The molecule has 0 spiro atoms. The van der Waals surface area contributed by atoms with Crippen molar-refractivity contribution in [1.82, 2.24) is 0 Å². The molecule has 17 heavy (non-hydrogen) atoms. The smallest absolute Gasteiger partial charge is 0.347 e. The first-order valence-electron chi connectivity index (χ1n) is 5.67. The number of ether oxygens (including phenoxy) is 2. The van der Waals surface area contributed by atoms with E-state index in [-0.39, 0.29) is 5.82 Å². The van der Waals surface area contributed by atoms with Crippen LogP contribution in [-0.2, 0) is 9.53 Å². The van der Waals surface area contributed by atoms with Gasteiger partial charge in [-0.3, -0.25) is 0 Å². The summed E-state index contributed by atoms with van der Waals surface area (Å²) >= 11 is 0. The molecule has 4 heteroatoms. The Morgan fingerprint density at radius 2 is 2.12 bits per heavy atom. The molecular formula is C13H17FO3. The van der Waals surface area contributed by atoms with Crippen molar-refractivity contribution >= 4 is 5.97 Å². The summed E-state index contributed by atoms with van der Waals surface area (Å²) in [6, 6.07) is 4.19. The number of aryl methyl sites for hydroxylation is 1. The molecule has 1 atom stereocenters. The maximum absolute atomic E-state index is 12.9. The van der Waals surface area contributed by atoms with Crippen LogP contribution in [0.2, 0.25) is 0 Å². The van der Waals surface area contributed by atoms with Gasteiger partial charge in [-0.2, -0.15) is 0 Å². The maximum Gasteiger partial charge on any atom is 0.347 e. The van der Waals surface area contributed by atoms with Crippen LogP contribution in [0.25, 0.3) is 0 Å². The monoisotopic (exact) mass is 240 g/mol. The first-order chi connectivity index (χ1) is 8.08. The van der Waals surface area contributed by atoms with Crippen molar-refractivity contribution in [1.29, 1.82) is 0 Å². The average molecular weight is 240 g/mol. The Morgan fingerprint density at radius 3 is 2.65 bits per heavy atom. The summed E-state index contributed by atoms with van der Waals surface area (Å²) in [7, 11) is 0. The van der Waals surface area contributed by atoms with Crippen LogP contribution in [0.3, 0.4) is 0 Å². The summed E-state index contributed by atoms with van der Waals surface area (Å²) in [4.78, 5) is 11.5. The summed E-state index contributed by atoms with van der Waals surface area (Å²) in [5.41, 5.74) is 0.660. The van der Waals surface area contributed by atoms with Crippen molar-refractivity contribution in [3.63, 3.8) is 0 Å². The van der Waals surface area contributed by atoms with Gasteiger partial charge in [0.15, 0.2) is 6.10 Å². The van der Waals surface area contributed by atoms with Gasteiger partial charge >= 0.3 is 5.97 Å². The van der Waals surface area contributed by atoms with E-state index in [0.717, 1.165) is 0 Å². The van der Waals surface area contributed by atoms with Crippen molar-refractivity contribution in [3.05, 3.63) is 29.6 Å². The molecule has 0 bridgehead atoms. The highest BCUT2D eigenvalue weighted by Crippen LogP contribution is 2.20. The van der Waals surface area contributed by atoms with Crippen LogP contribution in [0.4, 0.5) is 4.39 Å². The number of halogens is 1. The molecule has 0 amide bonds. The summed E-state index contributed by atoms with van der Waals surface area (Å²) in [6.45, 7) is 5.63. The number of benzene rings is 1. The lowest BCUT2D eigenvalue weighted by Crippen LogP contribution is -2.28. The topological polar surface area (TPSA) is 35.5 Å². The molecule has 0 aliphatic carbocycles. The van der Waals surface area contributed by atoms with E-state index in [4.69, 9.17) is 9.47 Å². The number of hydrogen-bond acceptors (Lipinski definition) is 3. The Labute approximate surface area is 101 Å². The fraction of sp³-hybridized carbons (Fsp3) is 0.462. The van der Waals surface area contributed by atoms with E-state index < -0.39 is 12.1 Å². The molecule has 0 N–H and O–H groups in total. The van der Waals surface area contributed by atoms with E-state index in [1.165, 1.54) is 18.2 Å². The van der Waals surface area contributed by atoms with Gasteiger partial charge in [0.2, 0.25) is 0 Å². The number of carbonyl (C=O) groups excluding carboxylic acids is 1. The molecule has 3 nitrogen and oxygen atoms in total. The van der Waals surface area contributed by atoms with E-state index in [1.54, 1.807) is 13.8 Å². The third-order valence-electron chi connectivity index (χ3n) is 2.33. The summed E-state index contributed by atoms with van der Waals surface area (Å²) in [6.07, 6.45) is -0.130. The Kier molecular flexibility index (Phi) is 4.94. The van der Waals surface area contributed by atoms with Crippen LogP contribution in [-0.4, -0.2) is 18.7 Å². The standard InChI is InChI=1S/C13H17FO3/c1-4-11(13(15)16-5-2)17-12-7-6-10(14)8-9(12)3/h6-8,11H,4-5H2,1-3H3. The summed E-state index contributed by atoms with van der Waals surface area (Å²) in [5.74, 6) is -0.205. The van der Waals surface area contributed by atoms with Gasteiger partial charge in [-0.15, -0.1) is 0 Å².